The number of nitrogens with two attached hydrogens (primary N) is 1. The van der Waals surface area contributed by atoms with E-state index in [1.807, 2.05) is 14.0 Å². The minimum Gasteiger partial charge on any atom is -0.496 e. The highest BCUT2D eigenvalue weighted by molar-refractivity contribution is 6.36. The maximum absolute atomic E-state index is 14.2. The number of hydrogen-bond acceptors (Lipinski definition) is 8. The van der Waals surface area contributed by atoms with E-state index in [0.29, 0.717) is 12.2 Å². The van der Waals surface area contributed by atoms with Crippen molar-refractivity contribution in [3.05, 3.63) is 16.7 Å². The lowest BCUT2D eigenvalue weighted by molar-refractivity contribution is -0.145. The largest absolute Gasteiger partial charge is 0.496 e. The van der Waals surface area contributed by atoms with Gasteiger partial charge in [0.25, 0.3) is 0 Å². The number of halogens is 1. The summed E-state index contributed by atoms with van der Waals surface area (Å²) in [4.78, 5) is 28.0. The first kappa shape index (κ1) is 23.3. The highest BCUT2D eigenvalue weighted by Crippen LogP contribution is 2.54. The van der Waals surface area contributed by atoms with Gasteiger partial charge in [-0.05, 0) is 45.3 Å². The van der Waals surface area contributed by atoms with E-state index in [1.54, 1.807) is 6.07 Å². The van der Waals surface area contributed by atoms with E-state index in [4.69, 9.17) is 31.5 Å². The van der Waals surface area contributed by atoms with Gasteiger partial charge in [-0.15, -0.1) is 0 Å². The number of nitrogens with one attached hydrogen (secondary N) is 2. The zero-order valence-electron chi connectivity index (χ0n) is 19.0. The number of carbonyl (C=O) groups is 2. The summed E-state index contributed by atoms with van der Waals surface area (Å²) in [5.74, 6) is -0.641. The van der Waals surface area contributed by atoms with Gasteiger partial charge in [0.05, 0.1) is 20.1 Å². The average Bonchev–Trinajstić information content (AvgIpc) is 3.11. The van der Waals surface area contributed by atoms with Gasteiger partial charge in [-0.25, -0.2) is 0 Å². The monoisotopic (exact) mass is 465 g/mol. The summed E-state index contributed by atoms with van der Waals surface area (Å²) >= 11 is 6.51. The molecule has 4 N–H and O–H groups in total. The molecular formula is C23H32ClN3O5. The number of rotatable bonds is 5. The van der Waals surface area contributed by atoms with Crippen molar-refractivity contribution in [3.63, 3.8) is 0 Å². The predicted octanol–water partition coefficient (Wildman–Crippen LogP) is 1.81. The molecule has 1 aromatic rings. The van der Waals surface area contributed by atoms with Crippen molar-refractivity contribution in [2.75, 3.05) is 34.4 Å². The third-order valence-corrected chi connectivity index (χ3v) is 7.84. The first-order valence-electron chi connectivity index (χ1n) is 11.2. The van der Waals surface area contributed by atoms with Crippen molar-refractivity contribution in [1.82, 2.24) is 10.6 Å². The molecule has 9 heteroatoms. The zero-order chi connectivity index (χ0) is 23.2. The van der Waals surface area contributed by atoms with Crippen LogP contribution in [0.2, 0.25) is 5.02 Å². The smallest absolute Gasteiger partial charge is 0.232 e. The summed E-state index contributed by atoms with van der Waals surface area (Å²) in [6, 6.07) is 1.03. The minimum atomic E-state index is -1.67. The van der Waals surface area contributed by atoms with Gasteiger partial charge in [0.1, 0.15) is 22.1 Å². The van der Waals surface area contributed by atoms with Crippen molar-refractivity contribution in [2.24, 2.45) is 23.5 Å². The van der Waals surface area contributed by atoms with Crippen molar-refractivity contribution < 1.29 is 23.8 Å². The highest BCUT2D eigenvalue weighted by Gasteiger charge is 2.65. The van der Waals surface area contributed by atoms with E-state index in [9.17, 15) is 9.59 Å². The molecule has 0 bridgehead atoms. The molecule has 2 aliphatic heterocycles. The Balaban J connectivity index is 1.79. The maximum Gasteiger partial charge on any atom is 0.232 e. The van der Waals surface area contributed by atoms with Crippen LogP contribution >= 0.6 is 11.6 Å². The minimum absolute atomic E-state index is 0.143. The first-order valence-corrected chi connectivity index (χ1v) is 11.6. The predicted molar refractivity (Wildman–Crippen MR) is 121 cm³/mol. The van der Waals surface area contributed by atoms with Gasteiger partial charge in [0.2, 0.25) is 11.4 Å². The molecular weight excluding hydrogens is 434 g/mol. The van der Waals surface area contributed by atoms with Crippen LogP contribution in [0.5, 0.6) is 17.2 Å². The summed E-state index contributed by atoms with van der Waals surface area (Å²) in [5.41, 5.74) is 5.08. The van der Waals surface area contributed by atoms with E-state index >= 15 is 0 Å². The van der Waals surface area contributed by atoms with Gasteiger partial charge >= 0.3 is 0 Å². The topological polar surface area (TPSA) is 112 Å². The highest BCUT2D eigenvalue weighted by atomic mass is 35.5. The van der Waals surface area contributed by atoms with Crippen LogP contribution in [0.25, 0.3) is 0 Å². The molecule has 1 aliphatic carbocycles. The molecule has 1 saturated carbocycles. The van der Waals surface area contributed by atoms with Crippen molar-refractivity contribution >= 4 is 23.2 Å². The number of fused-ring (bicyclic) bond motifs is 1. The number of methoxy groups -OCH3 is 2. The maximum atomic E-state index is 14.2. The number of ketones is 2. The Bertz CT molecular complexity index is 919. The van der Waals surface area contributed by atoms with Crippen LogP contribution in [0.1, 0.15) is 36.5 Å². The van der Waals surface area contributed by atoms with Crippen molar-refractivity contribution in [3.8, 4) is 17.2 Å². The Morgan fingerprint density at radius 3 is 2.50 bits per heavy atom. The summed E-state index contributed by atoms with van der Waals surface area (Å²) in [6.45, 7) is 3.64. The summed E-state index contributed by atoms with van der Waals surface area (Å²) < 4.78 is 17.0. The van der Waals surface area contributed by atoms with Gasteiger partial charge in [-0.3, -0.25) is 9.59 Å². The number of carbonyl (C=O) groups excluding carboxylic acids is 2. The van der Waals surface area contributed by atoms with Gasteiger partial charge in [0.15, 0.2) is 11.5 Å². The lowest BCUT2D eigenvalue weighted by Crippen LogP contribution is -2.67. The number of ether oxygens (including phenoxy) is 3. The van der Waals surface area contributed by atoms with E-state index < -0.39 is 23.2 Å². The Hall–Kier alpha value is -1.87. The fourth-order valence-electron chi connectivity index (χ4n) is 5.84. The van der Waals surface area contributed by atoms with Crippen LogP contribution in [0.4, 0.5) is 0 Å². The number of hydrogen-bond donors (Lipinski definition) is 3. The Morgan fingerprint density at radius 1 is 1.25 bits per heavy atom. The Labute approximate surface area is 193 Å². The fourth-order valence-corrected chi connectivity index (χ4v) is 6.10. The molecule has 32 heavy (non-hydrogen) atoms. The lowest BCUT2D eigenvalue weighted by atomic mass is 9.62. The van der Waals surface area contributed by atoms with E-state index in [2.05, 4.69) is 10.6 Å². The summed E-state index contributed by atoms with van der Waals surface area (Å²) in [5, 5.41) is 6.86. The first-order chi connectivity index (χ1) is 15.3. The van der Waals surface area contributed by atoms with Crippen LogP contribution in [-0.4, -0.2) is 63.6 Å². The van der Waals surface area contributed by atoms with Crippen molar-refractivity contribution in [1.29, 1.82) is 0 Å². The molecule has 0 radical (unpaired) electrons. The van der Waals surface area contributed by atoms with Gasteiger partial charge < -0.3 is 30.6 Å². The molecule has 5 atom stereocenters. The Morgan fingerprint density at radius 2 is 1.91 bits per heavy atom. The molecule has 4 rings (SSSR count). The molecule has 1 spiro atoms. The third-order valence-electron chi connectivity index (χ3n) is 7.48. The molecule has 0 amide bonds. The van der Waals surface area contributed by atoms with E-state index in [-0.39, 0.29) is 45.9 Å². The van der Waals surface area contributed by atoms with Crippen molar-refractivity contribution in [2.45, 2.75) is 43.9 Å². The van der Waals surface area contributed by atoms with E-state index in [0.717, 1.165) is 25.9 Å². The number of Topliss-reactive ketones (excluding diaryl/α,β-unsaturated/α-hetero) is 2. The fraction of sp³-hybridized carbons (Fsp3) is 0.652. The molecule has 3 aliphatic rings. The lowest BCUT2D eigenvalue weighted by Gasteiger charge is -2.47. The molecule has 2 fully saturated rings. The summed E-state index contributed by atoms with van der Waals surface area (Å²) in [6.07, 6.45) is 2.36. The van der Waals surface area contributed by atoms with Crippen LogP contribution in [0.3, 0.4) is 0 Å². The van der Waals surface area contributed by atoms with Gasteiger partial charge in [-0.1, -0.05) is 18.5 Å². The normalized spacial score (nSPS) is 31.4. The second-order valence-electron chi connectivity index (χ2n) is 9.06. The van der Waals surface area contributed by atoms with Crippen LogP contribution in [-0.2, 0) is 4.79 Å². The standard InChI is InChI=1S/C23H32ClN3O5/c1-11-9-13(25)16(19(26-2)12-5-7-27-8-6-12)21(28)23(11)22(29)17-14(30-3)10-15(31-4)18(24)20(17)32-23/h10-13,16,19,26-27H,5-9,25H2,1-4H3/t11-,13?,16?,19?,23+/m1/s1. The zero-order valence-corrected chi connectivity index (χ0v) is 19.8. The molecule has 8 nitrogen and oxygen atoms in total. The van der Waals surface area contributed by atoms with Gasteiger partial charge in [0, 0.05) is 24.1 Å². The molecule has 1 saturated heterocycles. The second-order valence-corrected chi connectivity index (χ2v) is 9.44. The third kappa shape index (κ3) is 3.31. The average molecular weight is 466 g/mol. The van der Waals surface area contributed by atoms with Crippen LogP contribution in [0.15, 0.2) is 6.07 Å². The van der Waals surface area contributed by atoms with E-state index in [1.165, 1.54) is 14.2 Å². The second kappa shape index (κ2) is 8.82. The van der Waals surface area contributed by atoms with Crippen LogP contribution in [0, 0.1) is 17.8 Å². The quantitative estimate of drug-likeness (QED) is 0.564. The number of benzene rings is 1. The molecule has 2 heterocycles. The molecule has 176 valence electrons. The Kier molecular flexibility index (Phi) is 6.42. The van der Waals surface area contributed by atoms with Gasteiger partial charge in [-0.2, -0.15) is 0 Å². The molecule has 0 aromatic heterocycles. The molecule has 3 unspecified atom stereocenters. The molecule has 1 aromatic carbocycles. The van der Waals surface area contributed by atoms with Crippen LogP contribution < -0.4 is 30.6 Å². The number of piperidine rings is 1. The summed E-state index contributed by atoms with van der Waals surface area (Å²) in [7, 11) is 4.79. The SMILES string of the molecule is CNC(C1CCNCC1)C1C(=O)[C@@]2(Oc3c(Cl)c(OC)cc(OC)c3C2=O)[C@H](C)CC1N.